The molecule has 0 aliphatic carbocycles. The SMILES string of the molecule is CC(Sc1ncccc1C(=O)O)C(=O)NC(N)=O. The van der Waals surface area contributed by atoms with E-state index in [0.717, 1.165) is 11.8 Å². The highest BCUT2D eigenvalue weighted by molar-refractivity contribution is 8.00. The first-order valence-electron chi connectivity index (χ1n) is 4.87. The Morgan fingerprint density at radius 2 is 2.17 bits per heavy atom. The van der Waals surface area contributed by atoms with Crippen LogP contribution >= 0.6 is 11.8 Å². The Hall–Kier alpha value is -2.09. The number of carboxylic acid groups (broad SMARTS) is 1. The lowest BCUT2D eigenvalue weighted by molar-refractivity contribution is -0.119. The molecule has 18 heavy (non-hydrogen) atoms. The summed E-state index contributed by atoms with van der Waals surface area (Å²) in [6.07, 6.45) is 1.42. The molecule has 1 atom stereocenters. The number of nitrogens with zero attached hydrogens (tertiary/aromatic N) is 1. The molecule has 1 rings (SSSR count). The molecule has 1 aromatic heterocycles. The first kappa shape index (κ1) is 14.0. The molecule has 1 unspecified atom stereocenters. The van der Waals surface area contributed by atoms with Crippen molar-refractivity contribution in [3.05, 3.63) is 23.9 Å². The average molecular weight is 269 g/mol. The van der Waals surface area contributed by atoms with E-state index in [1.54, 1.807) is 0 Å². The molecule has 0 fully saturated rings. The van der Waals surface area contributed by atoms with Crippen LogP contribution in [0.15, 0.2) is 23.4 Å². The first-order chi connectivity index (χ1) is 8.41. The number of aromatic carboxylic acids is 1. The van der Waals surface area contributed by atoms with E-state index in [-0.39, 0.29) is 10.6 Å². The number of nitrogens with two attached hydrogens (primary N) is 1. The van der Waals surface area contributed by atoms with Crippen molar-refractivity contribution >= 4 is 29.7 Å². The number of thioether (sulfide) groups is 1. The van der Waals surface area contributed by atoms with Crippen LogP contribution in [-0.2, 0) is 4.79 Å². The van der Waals surface area contributed by atoms with Gasteiger partial charge in [0.25, 0.3) is 0 Å². The predicted molar refractivity (Wildman–Crippen MR) is 64.2 cm³/mol. The third-order valence-corrected chi connectivity index (χ3v) is 3.02. The monoisotopic (exact) mass is 269 g/mol. The van der Waals surface area contributed by atoms with Crippen molar-refractivity contribution in [3.63, 3.8) is 0 Å². The van der Waals surface area contributed by atoms with Crippen LogP contribution in [0.25, 0.3) is 0 Å². The molecule has 1 heterocycles. The van der Waals surface area contributed by atoms with E-state index >= 15 is 0 Å². The number of hydrogen-bond donors (Lipinski definition) is 3. The summed E-state index contributed by atoms with van der Waals surface area (Å²) < 4.78 is 0. The molecule has 7 nitrogen and oxygen atoms in total. The molecule has 8 heteroatoms. The summed E-state index contributed by atoms with van der Waals surface area (Å²) in [4.78, 5) is 36.8. The fourth-order valence-corrected chi connectivity index (χ4v) is 2.00. The van der Waals surface area contributed by atoms with Gasteiger partial charge in [-0.1, -0.05) is 11.8 Å². The van der Waals surface area contributed by atoms with Gasteiger partial charge in [-0.3, -0.25) is 10.1 Å². The van der Waals surface area contributed by atoms with Crippen LogP contribution in [0.1, 0.15) is 17.3 Å². The second kappa shape index (κ2) is 6.01. The van der Waals surface area contributed by atoms with E-state index in [1.807, 2.05) is 5.32 Å². The number of imide groups is 1. The van der Waals surface area contributed by atoms with Crippen molar-refractivity contribution in [2.24, 2.45) is 5.73 Å². The summed E-state index contributed by atoms with van der Waals surface area (Å²) in [7, 11) is 0. The lowest BCUT2D eigenvalue weighted by atomic mass is 10.3. The average Bonchev–Trinajstić information content (AvgIpc) is 2.28. The molecule has 1 aromatic rings. The second-order valence-electron chi connectivity index (χ2n) is 3.27. The lowest BCUT2D eigenvalue weighted by Crippen LogP contribution is -2.39. The number of rotatable bonds is 4. The largest absolute Gasteiger partial charge is 0.478 e. The number of urea groups is 1. The highest BCUT2D eigenvalue weighted by atomic mass is 32.2. The van der Waals surface area contributed by atoms with Gasteiger partial charge in [-0.05, 0) is 19.1 Å². The van der Waals surface area contributed by atoms with E-state index in [0.29, 0.717) is 0 Å². The fraction of sp³-hybridized carbons (Fsp3) is 0.200. The van der Waals surface area contributed by atoms with Gasteiger partial charge in [-0.25, -0.2) is 14.6 Å². The number of aromatic nitrogens is 1. The molecular weight excluding hydrogens is 258 g/mol. The molecule has 0 bridgehead atoms. The van der Waals surface area contributed by atoms with Crippen LogP contribution < -0.4 is 11.1 Å². The first-order valence-corrected chi connectivity index (χ1v) is 5.75. The number of carbonyl (C=O) groups is 3. The maximum Gasteiger partial charge on any atom is 0.338 e. The highest BCUT2D eigenvalue weighted by Gasteiger charge is 2.20. The molecule has 0 saturated carbocycles. The van der Waals surface area contributed by atoms with Gasteiger partial charge in [-0.15, -0.1) is 0 Å². The smallest absolute Gasteiger partial charge is 0.338 e. The van der Waals surface area contributed by atoms with E-state index in [1.165, 1.54) is 25.3 Å². The van der Waals surface area contributed by atoms with Gasteiger partial charge in [-0.2, -0.15) is 0 Å². The molecule has 0 aromatic carbocycles. The van der Waals surface area contributed by atoms with Crippen molar-refractivity contribution < 1.29 is 19.5 Å². The van der Waals surface area contributed by atoms with Crippen molar-refractivity contribution in [1.82, 2.24) is 10.3 Å². The van der Waals surface area contributed by atoms with Gasteiger partial charge >= 0.3 is 12.0 Å². The van der Waals surface area contributed by atoms with Crippen LogP contribution in [-0.4, -0.2) is 33.2 Å². The number of hydrogen-bond acceptors (Lipinski definition) is 5. The standard InChI is InChI=1S/C10H11N3O4S/c1-5(7(14)13-10(11)17)18-8-6(9(15)16)3-2-4-12-8/h2-5H,1H3,(H,15,16)(H3,11,13,14,17). The van der Waals surface area contributed by atoms with Gasteiger partial charge in [0.05, 0.1) is 10.8 Å². The van der Waals surface area contributed by atoms with Gasteiger partial charge in [0, 0.05) is 6.20 Å². The Bertz CT molecular complexity index is 492. The summed E-state index contributed by atoms with van der Waals surface area (Å²) in [6.45, 7) is 1.52. The van der Waals surface area contributed by atoms with E-state index in [4.69, 9.17) is 10.8 Å². The van der Waals surface area contributed by atoms with Crippen molar-refractivity contribution in [1.29, 1.82) is 0 Å². The lowest BCUT2D eigenvalue weighted by Gasteiger charge is -2.10. The van der Waals surface area contributed by atoms with Crippen LogP contribution in [0.3, 0.4) is 0 Å². The Morgan fingerprint density at radius 1 is 1.50 bits per heavy atom. The minimum absolute atomic E-state index is 0.00113. The molecule has 0 spiro atoms. The number of amides is 3. The minimum Gasteiger partial charge on any atom is -0.478 e. The minimum atomic E-state index is -1.13. The number of primary amides is 1. The maximum absolute atomic E-state index is 11.4. The molecular formula is C10H11N3O4S. The van der Waals surface area contributed by atoms with Crippen LogP contribution in [0.2, 0.25) is 0 Å². The van der Waals surface area contributed by atoms with Crippen LogP contribution in [0.5, 0.6) is 0 Å². The van der Waals surface area contributed by atoms with Gasteiger partial charge in [0.2, 0.25) is 5.91 Å². The number of carbonyl (C=O) groups excluding carboxylic acids is 2. The third-order valence-electron chi connectivity index (χ3n) is 1.91. The number of nitrogens with one attached hydrogen (secondary N) is 1. The summed E-state index contributed by atoms with van der Waals surface area (Å²) in [5.41, 5.74) is 4.81. The molecule has 0 aliphatic heterocycles. The second-order valence-corrected chi connectivity index (χ2v) is 4.60. The van der Waals surface area contributed by atoms with Gasteiger partial charge < -0.3 is 10.8 Å². The van der Waals surface area contributed by atoms with Crippen molar-refractivity contribution in [3.8, 4) is 0 Å². The molecule has 4 N–H and O–H groups in total. The Labute approximate surface area is 107 Å². The number of carboxylic acids is 1. The topological polar surface area (TPSA) is 122 Å². The zero-order valence-electron chi connectivity index (χ0n) is 9.41. The fourth-order valence-electron chi connectivity index (χ4n) is 1.09. The summed E-state index contributed by atoms with van der Waals surface area (Å²) in [5, 5.41) is 10.4. The molecule has 3 amide bonds. The molecule has 0 aliphatic rings. The van der Waals surface area contributed by atoms with Crippen molar-refractivity contribution in [2.45, 2.75) is 17.2 Å². The van der Waals surface area contributed by atoms with Gasteiger partial charge in [0.1, 0.15) is 5.03 Å². The summed E-state index contributed by atoms with van der Waals surface area (Å²) >= 11 is 0.937. The quantitative estimate of drug-likeness (QED) is 0.682. The van der Waals surface area contributed by atoms with E-state index < -0.39 is 23.2 Å². The van der Waals surface area contributed by atoms with Crippen LogP contribution in [0, 0.1) is 0 Å². The zero-order valence-corrected chi connectivity index (χ0v) is 10.2. The summed E-state index contributed by atoms with van der Waals surface area (Å²) in [6, 6.07) is 1.92. The van der Waals surface area contributed by atoms with Crippen molar-refractivity contribution in [2.75, 3.05) is 0 Å². The highest BCUT2D eigenvalue weighted by Crippen LogP contribution is 2.24. The molecule has 96 valence electrons. The third kappa shape index (κ3) is 3.74. The van der Waals surface area contributed by atoms with E-state index in [9.17, 15) is 14.4 Å². The number of pyridine rings is 1. The Morgan fingerprint density at radius 3 is 2.72 bits per heavy atom. The molecule has 0 radical (unpaired) electrons. The van der Waals surface area contributed by atoms with Crippen LogP contribution in [0.4, 0.5) is 4.79 Å². The normalized spacial score (nSPS) is 11.6. The Balaban J connectivity index is 2.81. The maximum atomic E-state index is 11.4. The van der Waals surface area contributed by atoms with E-state index in [2.05, 4.69) is 4.98 Å². The predicted octanol–water partition coefficient (Wildman–Crippen LogP) is 0.455. The Kier molecular flexibility index (Phi) is 4.67. The van der Waals surface area contributed by atoms with Gasteiger partial charge in [0.15, 0.2) is 0 Å². The summed E-state index contributed by atoms with van der Waals surface area (Å²) in [5.74, 6) is -1.73. The molecule has 0 saturated heterocycles. The zero-order chi connectivity index (χ0) is 13.7.